The molecule has 1 aliphatic heterocycles. The number of pyridine rings is 1. The molecule has 0 saturated carbocycles. The van der Waals surface area contributed by atoms with Crippen molar-refractivity contribution in [3.8, 4) is 5.75 Å². The van der Waals surface area contributed by atoms with Crippen LogP contribution in [0.15, 0.2) is 60.8 Å². The minimum absolute atomic E-state index is 0.0272. The van der Waals surface area contributed by atoms with Gasteiger partial charge in [-0.05, 0) is 30.3 Å². The summed E-state index contributed by atoms with van der Waals surface area (Å²) in [4.78, 5) is 29.1. The lowest BCUT2D eigenvalue weighted by atomic mass is 9.97. The van der Waals surface area contributed by atoms with Crippen molar-refractivity contribution in [2.24, 2.45) is 0 Å². The third kappa shape index (κ3) is 4.83. The van der Waals surface area contributed by atoms with E-state index in [0.717, 1.165) is 12.1 Å². The number of carbonyl (C=O) groups excluding carboxylic acids is 2. The third-order valence-electron chi connectivity index (χ3n) is 4.87. The average Bonchev–Trinajstić information content (AvgIpc) is 2.80. The van der Waals surface area contributed by atoms with E-state index < -0.39 is 29.7 Å². The first-order valence-corrected chi connectivity index (χ1v) is 9.86. The van der Waals surface area contributed by atoms with E-state index in [1.807, 2.05) is 0 Å². The van der Waals surface area contributed by atoms with Crippen molar-refractivity contribution in [1.29, 1.82) is 0 Å². The molecule has 9 heteroatoms. The lowest BCUT2D eigenvalue weighted by Crippen LogP contribution is -2.33. The Balaban J connectivity index is 1.46. The monoisotopic (exact) mass is 439 g/mol. The second-order valence-corrected chi connectivity index (χ2v) is 7.04. The van der Waals surface area contributed by atoms with E-state index in [-0.39, 0.29) is 24.5 Å². The molecule has 0 fully saturated rings. The van der Waals surface area contributed by atoms with E-state index in [2.05, 4.69) is 15.6 Å². The van der Waals surface area contributed by atoms with Crippen LogP contribution in [0.3, 0.4) is 0 Å². The lowest BCUT2D eigenvalue weighted by molar-refractivity contribution is 0.102. The van der Waals surface area contributed by atoms with Gasteiger partial charge in [-0.2, -0.15) is 0 Å². The molecule has 0 bridgehead atoms. The van der Waals surface area contributed by atoms with E-state index in [9.17, 15) is 18.4 Å². The summed E-state index contributed by atoms with van der Waals surface area (Å²) in [5, 5.41) is 5.31. The van der Waals surface area contributed by atoms with Gasteiger partial charge in [-0.15, -0.1) is 0 Å². The summed E-state index contributed by atoms with van der Waals surface area (Å²) in [5.41, 5.74) is 1.55. The number of halogens is 2. The van der Waals surface area contributed by atoms with Crippen molar-refractivity contribution >= 4 is 17.7 Å². The molecule has 2 amide bonds. The molecule has 7 nitrogen and oxygen atoms in total. The Morgan fingerprint density at radius 3 is 2.75 bits per heavy atom. The lowest BCUT2D eigenvalue weighted by Gasteiger charge is -2.27. The first kappa shape index (κ1) is 21.2. The molecule has 1 aromatic heterocycles. The number of aromatic nitrogens is 1. The predicted molar refractivity (Wildman–Crippen MR) is 111 cm³/mol. The van der Waals surface area contributed by atoms with Crippen molar-refractivity contribution in [3.63, 3.8) is 0 Å². The molecule has 32 heavy (non-hydrogen) atoms. The predicted octanol–water partition coefficient (Wildman–Crippen LogP) is 4.36. The minimum Gasteiger partial charge on any atom is -0.492 e. The van der Waals surface area contributed by atoms with Crippen LogP contribution >= 0.6 is 0 Å². The summed E-state index contributed by atoms with van der Waals surface area (Å²) in [6.45, 7) is 0.299. The highest BCUT2D eigenvalue weighted by Crippen LogP contribution is 2.35. The maximum absolute atomic E-state index is 13.4. The van der Waals surface area contributed by atoms with E-state index in [4.69, 9.17) is 9.47 Å². The average molecular weight is 439 g/mol. The van der Waals surface area contributed by atoms with Gasteiger partial charge < -0.3 is 20.1 Å². The van der Waals surface area contributed by atoms with Crippen LogP contribution in [0.1, 0.15) is 34.1 Å². The summed E-state index contributed by atoms with van der Waals surface area (Å²) in [7, 11) is 0. The maximum Gasteiger partial charge on any atom is 0.408 e. The van der Waals surface area contributed by atoms with Crippen LogP contribution in [0, 0.1) is 11.6 Å². The molecular weight excluding hydrogens is 420 g/mol. The fourth-order valence-corrected chi connectivity index (χ4v) is 3.33. The summed E-state index contributed by atoms with van der Waals surface area (Å²) < 4.78 is 37.5. The summed E-state index contributed by atoms with van der Waals surface area (Å²) in [5.74, 6) is -2.31. The van der Waals surface area contributed by atoms with Gasteiger partial charge in [-0.3, -0.25) is 9.78 Å². The molecular formula is C23H19F2N3O4. The number of anilines is 1. The molecule has 1 atom stereocenters. The van der Waals surface area contributed by atoms with E-state index in [1.54, 1.807) is 42.6 Å². The third-order valence-corrected chi connectivity index (χ3v) is 4.87. The maximum atomic E-state index is 13.4. The summed E-state index contributed by atoms with van der Waals surface area (Å²) >= 11 is 0. The van der Waals surface area contributed by atoms with Gasteiger partial charge in [0.05, 0.1) is 23.9 Å². The van der Waals surface area contributed by atoms with Crippen LogP contribution in [0.5, 0.6) is 5.75 Å². The Hall–Kier alpha value is -4.01. The Morgan fingerprint density at radius 2 is 1.97 bits per heavy atom. The molecule has 1 aliphatic rings. The number of fused-ring (bicyclic) bond motifs is 1. The number of carbonyl (C=O) groups is 2. The van der Waals surface area contributed by atoms with Crippen molar-refractivity contribution in [1.82, 2.24) is 10.3 Å². The smallest absolute Gasteiger partial charge is 0.408 e. The molecule has 2 aromatic carbocycles. The summed E-state index contributed by atoms with van der Waals surface area (Å²) in [6.07, 6.45) is 1.48. The SMILES string of the molecule is O=C(NC1CCOc2c(C(=O)Nc3ccc(F)c(F)c3)cccc21)OCc1ccccn1. The van der Waals surface area contributed by atoms with Gasteiger partial charge in [-0.1, -0.05) is 18.2 Å². The van der Waals surface area contributed by atoms with Crippen molar-refractivity contribution in [2.45, 2.75) is 19.1 Å². The molecule has 1 unspecified atom stereocenters. The molecule has 164 valence electrons. The zero-order valence-electron chi connectivity index (χ0n) is 16.8. The molecule has 4 rings (SSSR count). The Morgan fingerprint density at radius 1 is 1.09 bits per heavy atom. The number of nitrogens with zero attached hydrogens (tertiary/aromatic N) is 1. The first-order chi connectivity index (χ1) is 15.5. The second-order valence-electron chi connectivity index (χ2n) is 7.04. The van der Waals surface area contributed by atoms with Crippen LogP contribution in [0.4, 0.5) is 19.3 Å². The van der Waals surface area contributed by atoms with Gasteiger partial charge in [0.2, 0.25) is 0 Å². The zero-order valence-corrected chi connectivity index (χ0v) is 16.8. The van der Waals surface area contributed by atoms with E-state index >= 15 is 0 Å². The normalized spacial score (nSPS) is 14.6. The molecule has 0 spiro atoms. The number of hydrogen-bond acceptors (Lipinski definition) is 5. The Kier molecular flexibility index (Phi) is 6.25. The van der Waals surface area contributed by atoms with E-state index in [1.165, 1.54) is 6.07 Å². The molecule has 0 aliphatic carbocycles. The van der Waals surface area contributed by atoms with Crippen molar-refractivity contribution in [3.05, 3.63) is 89.2 Å². The van der Waals surface area contributed by atoms with Gasteiger partial charge in [0.25, 0.3) is 5.91 Å². The number of nitrogens with one attached hydrogen (secondary N) is 2. The molecule has 0 saturated heterocycles. The summed E-state index contributed by atoms with van der Waals surface area (Å²) in [6, 6.07) is 12.9. The van der Waals surface area contributed by atoms with Crippen LogP contribution in [-0.4, -0.2) is 23.6 Å². The van der Waals surface area contributed by atoms with Crippen LogP contribution in [0.2, 0.25) is 0 Å². The molecule has 0 radical (unpaired) electrons. The first-order valence-electron chi connectivity index (χ1n) is 9.86. The van der Waals surface area contributed by atoms with Crippen LogP contribution in [-0.2, 0) is 11.3 Å². The Bertz CT molecular complexity index is 1140. The van der Waals surface area contributed by atoms with Crippen molar-refractivity contribution in [2.75, 3.05) is 11.9 Å². The number of amides is 2. The molecule has 2 N–H and O–H groups in total. The van der Waals surface area contributed by atoms with Gasteiger partial charge in [0, 0.05) is 29.9 Å². The number of rotatable bonds is 5. The highest BCUT2D eigenvalue weighted by Gasteiger charge is 2.27. The van der Waals surface area contributed by atoms with Gasteiger partial charge in [-0.25, -0.2) is 13.6 Å². The highest BCUT2D eigenvalue weighted by atomic mass is 19.2. The van der Waals surface area contributed by atoms with Crippen LogP contribution < -0.4 is 15.4 Å². The second kappa shape index (κ2) is 9.42. The standard InChI is InChI=1S/C23H19F2N3O4/c24-18-8-7-14(12-19(18)25)27-22(29)17-6-3-5-16-20(9-11-31-21(16)17)28-23(30)32-13-15-4-1-2-10-26-15/h1-8,10,12,20H,9,11,13H2,(H,27,29)(H,28,30). The highest BCUT2D eigenvalue weighted by molar-refractivity contribution is 6.06. The number of ether oxygens (including phenoxy) is 2. The van der Waals surface area contributed by atoms with E-state index in [0.29, 0.717) is 23.4 Å². The molecule has 2 heterocycles. The zero-order chi connectivity index (χ0) is 22.5. The van der Waals surface area contributed by atoms with Crippen LogP contribution in [0.25, 0.3) is 0 Å². The van der Waals surface area contributed by atoms with Gasteiger partial charge >= 0.3 is 6.09 Å². The van der Waals surface area contributed by atoms with Gasteiger partial charge in [0.15, 0.2) is 11.6 Å². The number of para-hydroxylation sites is 1. The quantitative estimate of drug-likeness (QED) is 0.617. The fourth-order valence-electron chi connectivity index (χ4n) is 3.33. The minimum atomic E-state index is -1.07. The van der Waals surface area contributed by atoms with Crippen molar-refractivity contribution < 1.29 is 27.8 Å². The largest absolute Gasteiger partial charge is 0.492 e. The number of benzene rings is 2. The number of hydrogen-bond donors (Lipinski definition) is 2. The molecule has 3 aromatic rings. The number of alkyl carbamates (subject to hydrolysis) is 1. The topological polar surface area (TPSA) is 89.5 Å². The Labute approximate surface area is 182 Å². The fraction of sp³-hybridized carbons (Fsp3) is 0.174. The van der Waals surface area contributed by atoms with Gasteiger partial charge in [0.1, 0.15) is 12.4 Å².